The molecule has 0 atom stereocenters. The molecule has 0 aliphatic rings. The first-order valence-electron chi connectivity index (χ1n) is 4.43. The second-order valence-corrected chi connectivity index (χ2v) is 8.70. The highest BCUT2D eigenvalue weighted by Crippen LogP contribution is 2.05. The van der Waals surface area contributed by atoms with Crippen LogP contribution in [0.2, 0.25) is 0 Å². The molecule has 0 fully saturated rings. The van der Waals surface area contributed by atoms with Crippen molar-refractivity contribution in [2.24, 2.45) is 0 Å². The van der Waals surface area contributed by atoms with Crippen molar-refractivity contribution in [1.29, 1.82) is 0 Å². The molecule has 0 amide bonds. The average Bonchev–Trinajstić information content (AvgIpc) is 1.88. The number of alkyl halides is 2. The highest BCUT2D eigenvalue weighted by atomic mass is 127. The Kier molecular flexibility index (Phi) is 19.1. The van der Waals surface area contributed by atoms with Crippen LogP contribution in [0, 0.1) is 0 Å². The van der Waals surface area contributed by atoms with Gasteiger partial charge in [-0.05, 0) is 6.92 Å². The lowest BCUT2D eigenvalue weighted by atomic mass is 10.2. The summed E-state index contributed by atoms with van der Waals surface area (Å²) >= 11 is 4.66. The first-order valence-corrected chi connectivity index (χ1v) is 6.92. The SMILES string of the molecule is CC(I)I.CCCCCCC. The van der Waals surface area contributed by atoms with E-state index in [4.69, 9.17) is 0 Å². The Morgan fingerprint density at radius 2 is 1.18 bits per heavy atom. The summed E-state index contributed by atoms with van der Waals surface area (Å²) in [5, 5.41) is 0. The third-order valence-corrected chi connectivity index (χ3v) is 1.21. The summed E-state index contributed by atoms with van der Waals surface area (Å²) < 4.78 is 0.773. The molecule has 0 aromatic rings. The zero-order valence-corrected chi connectivity index (χ0v) is 12.2. The molecule has 0 rings (SSSR count). The van der Waals surface area contributed by atoms with Crippen molar-refractivity contribution in [3.05, 3.63) is 0 Å². The van der Waals surface area contributed by atoms with Crippen LogP contribution in [0.3, 0.4) is 0 Å². The summed E-state index contributed by atoms with van der Waals surface area (Å²) in [6, 6.07) is 0. The van der Waals surface area contributed by atoms with Crippen molar-refractivity contribution in [3.8, 4) is 0 Å². The third-order valence-electron chi connectivity index (χ3n) is 1.21. The smallest absolute Gasteiger partial charge is 0.0598 e. The molecule has 2 heteroatoms. The van der Waals surface area contributed by atoms with Gasteiger partial charge in [-0.2, -0.15) is 0 Å². The fourth-order valence-corrected chi connectivity index (χ4v) is 0.677. The maximum atomic E-state index is 2.33. The first-order chi connectivity index (χ1) is 5.15. The van der Waals surface area contributed by atoms with Crippen LogP contribution in [0.5, 0.6) is 0 Å². The molecule has 0 bridgehead atoms. The fourth-order valence-electron chi connectivity index (χ4n) is 0.677. The van der Waals surface area contributed by atoms with E-state index < -0.39 is 0 Å². The number of rotatable bonds is 4. The molecule has 0 aromatic carbocycles. The van der Waals surface area contributed by atoms with E-state index in [2.05, 4.69) is 66.0 Å². The maximum Gasteiger partial charge on any atom is 0.0598 e. The van der Waals surface area contributed by atoms with Gasteiger partial charge >= 0.3 is 0 Å². The van der Waals surface area contributed by atoms with E-state index in [-0.39, 0.29) is 0 Å². The van der Waals surface area contributed by atoms with E-state index in [1.165, 1.54) is 32.1 Å². The van der Waals surface area contributed by atoms with E-state index >= 15 is 0 Å². The molecule has 0 aliphatic carbocycles. The van der Waals surface area contributed by atoms with Gasteiger partial charge < -0.3 is 0 Å². The highest BCUT2D eigenvalue weighted by Gasteiger charge is 1.80. The van der Waals surface area contributed by atoms with Crippen LogP contribution in [-0.2, 0) is 0 Å². The summed E-state index contributed by atoms with van der Waals surface area (Å²) in [7, 11) is 0. The predicted molar refractivity (Wildman–Crippen MR) is 71.9 cm³/mol. The number of halogens is 2. The summed E-state index contributed by atoms with van der Waals surface area (Å²) in [4.78, 5) is 0. The minimum absolute atomic E-state index is 0.773. The summed E-state index contributed by atoms with van der Waals surface area (Å²) in [5.74, 6) is 0. The first kappa shape index (κ1) is 15.0. The van der Waals surface area contributed by atoms with Gasteiger partial charge in [-0.1, -0.05) is 91.1 Å². The molecule has 0 aromatic heterocycles. The molecule has 11 heavy (non-hydrogen) atoms. The highest BCUT2D eigenvalue weighted by molar-refractivity contribution is 14.2. The summed E-state index contributed by atoms with van der Waals surface area (Å²) in [6.07, 6.45) is 7.01. The fraction of sp³-hybridized carbons (Fsp3) is 1.00. The van der Waals surface area contributed by atoms with E-state index in [9.17, 15) is 0 Å². The van der Waals surface area contributed by atoms with E-state index in [0.29, 0.717) is 0 Å². The lowest BCUT2D eigenvalue weighted by molar-refractivity contribution is 0.656. The zero-order valence-electron chi connectivity index (χ0n) is 7.87. The molecule has 0 radical (unpaired) electrons. The van der Waals surface area contributed by atoms with Crippen molar-refractivity contribution in [3.63, 3.8) is 0 Å². The van der Waals surface area contributed by atoms with Crippen molar-refractivity contribution in [1.82, 2.24) is 0 Å². The Balaban J connectivity index is 0. The van der Waals surface area contributed by atoms with Gasteiger partial charge in [0, 0.05) is 0 Å². The van der Waals surface area contributed by atoms with Crippen LogP contribution in [0.1, 0.15) is 52.9 Å². The van der Waals surface area contributed by atoms with Crippen LogP contribution >= 0.6 is 45.2 Å². The lowest BCUT2D eigenvalue weighted by Crippen LogP contribution is -1.70. The molecule has 0 spiro atoms. The van der Waals surface area contributed by atoms with Crippen molar-refractivity contribution < 1.29 is 0 Å². The van der Waals surface area contributed by atoms with Gasteiger partial charge in [0.25, 0.3) is 0 Å². The Morgan fingerprint density at radius 1 is 0.909 bits per heavy atom. The van der Waals surface area contributed by atoms with E-state index in [0.717, 1.165) is 1.93 Å². The zero-order chi connectivity index (χ0) is 9.11. The van der Waals surface area contributed by atoms with Gasteiger partial charge in [-0.15, -0.1) is 0 Å². The largest absolute Gasteiger partial charge is 0.0713 e. The lowest BCUT2D eigenvalue weighted by Gasteiger charge is -1.90. The van der Waals surface area contributed by atoms with Crippen LogP contribution in [0.4, 0.5) is 0 Å². The quantitative estimate of drug-likeness (QED) is 0.357. The Bertz CT molecular complexity index is 46.8. The Hall–Kier alpha value is 1.46. The minimum atomic E-state index is 0.773. The van der Waals surface area contributed by atoms with Crippen LogP contribution < -0.4 is 0 Å². The molecule has 0 nitrogen and oxygen atoms in total. The average molecular weight is 382 g/mol. The third kappa shape index (κ3) is 34.4. The Labute approximate surface area is 99.2 Å². The van der Waals surface area contributed by atoms with Gasteiger partial charge in [0.1, 0.15) is 0 Å². The standard InChI is InChI=1S/C7H16.C2H4I2/c1-3-5-7-6-4-2;1-2(3)4/h3-7H2,1-2H3;2H,1H3. The van der Waals surface area contributed by atoms with E-state index in [1.54, 1.807) is 0 Å². The van der Waals surface area contributed by atoms with Crippen molar-refractivity contribution >= 4 is 45.2 Å². The molecule has 0 heterocycles. The van der Waals surface area contributed by atoms with Gasteiger partial charge in [-0.25, -0.2) is 0 Å². The van der Waals surface area contributed by atoms with Crippen LogP contribution in [0.25, 0.3) is 0 Å². The summed E-state index contributed by atoms with van der Waals surface area (Å²) in [6.45, 7) is 6.63. The van der Waals surface area contributed by atoms with Crippen LogP contribution in [-0.4, -0.2) is 1.93 Å². The van der Waals surface area contributed by atoms with Crippen molar-refractivity contribution in [2.45, 2.75) is 54.8 Å². The van der Waals surface area contributed by atoms with Crippen LogP contribution in [0.15, 0.2) is 0 Å². The molecule has 0 unspecified atom stereocenters. The van der Waals surface area contributed by atoms with Crippen molar-refractivity contribution in [2.75, 3.05) is 0 Å². The van der Waals surface area contributed by atoms with Gasteiger partial charge in [0.2, 0.25) is 0 Å². The molecule has 0 aliphatic heterocycles. The van der Waals surface area contributed by atoms with E-state index in [1.807, 2.05) is 0 Å². The van der Waals surface area contributed by atoms with Gasteiger partial charge in [0.15, 0.2) is 0 Å². The minimum Gasteiger partial charge on any atom is -0.0713 e. The Morgan fingerprint density at radius 3 is 1.36 bits per heavy atom. The normalized spacial score (nSPS) is 9.27. The molecular weight excluding hydrogens is 362 g/mol. The molecule has 70 valence electrons. The monoisotopic (exact) mass is 382 g/mol. The molecular formula is C9H20I2. The van der Waals surface area contributed by atoms with Gasteiger partial charge in [-0.3, -0.25) is 0 Å². The number of hydrogen-bond acceptors (Lipinski definition) is 0. The molecule has 0 N–H and O–H groups in total. The second kappa shape index (κ2) is 14.0. The maximum absolute atomic E-state index is 2.33. The molecule has 0 saturated heterocycles. The number of unbranched alkanes of at least 4 members (excludes halogenated alkanes) is 4. The molecule has 0 saturated carbocycles. The second-order valence-electron chi connectivity index (χ2n) is 2.58. The predicted octanol–water partition coefficient (Wildman–Crippen LogP) is 5.18. The number of hydrogen-bond donors (Lipinski definition) is 0. The van der Waals surface area contributed by atoms with Gasteiger partial charge in [0.05, 0.1) is 1.93 Å². The summed E-state index contributed by atoms with van der Waals surface area (Å²) in [5.41, 5.74) is 0. The topological polar surface area (TPSA) is 0 Å².